The lowest BCUT2D eigenvalue weighted by molar-refractivity contribution is 0.482. The number of H-pyrrole nitrogens is 1. The molecular formula is C32H25ClN2OS. The third-order valence-electron chi connectivity index (χ3n) is 6.28. The summed E-state index contributed by atoms with van der Waals surface area (Å²) >= 11 is 8.60. The third-order valence-corrected chi connectivity index (χ3v) is 7.74. The second kappa shape index (κ2) is 10.6. The van der Waals surface area contributed by atoms with E-state index < -0.39 is 0 Å². The minimum Gasteiger partial charge on any atom is -0.457 e. The summed E-state index contributed by atoms with van der Waals surface area (Å²) < 4.78 is 5.97. The molecule has 0 unspecified atom stereocenters. The Morgan fingerprint density at radius 2 is 1.54 bits per heavy atom. The predicted octanol–water partition coefficient (Wildman–Crippen LogP) is 9.67. The Morgan fingerprint density at radius 1 is 0.730 bits per heavy atom. The average molecular weight is 521 g/mol. The van der Waals surface area contributed by atoms with E-state index in [1.165, 1.54) is 15.7 Å². The Bertz CT molecular complexity index is 1680. The number of benzene rings is 5. The van der Waals surface area contributed by atoms with Crippen molar-refractivity contribution in [3.05, 3.63) is 132 Å². The number of ether oxygens (including phenoxy) is 1. The first-order valence-electron chi connectivity index (χ1n) is 12.2. The molecule has 0 aliphatic carbocycles. The minimum atomic E-state index is 0.685. The molecule has 0 amide bonds. The Kier molecular flexibility index (Phi) is 6.76. The summed E-state index contributed by atoms with van der Waals surface area (Å²) in [6.07, 6.45) is 0. The number of para-hydroxylation sites is 1. The van der Waals surface area contributed by atoms with E-state index in [-0.39, 0.29) is 0 Å². The van der Waals surface area contributed by atoms with Gasteiger partial charge in [-0.3, -0.25) is 0 Å². The number of nitrogens with one attached hydrogen (secondary N) is 2. The summed E-state index contributed by atoms with van der Waals surface area (Å²) in [5.74, 6) is 2.43. The number of aromatic nitrogens is 1. The summed E-state index contributed by atoms with van der Waals surface area (Å²) in [7, 11) is 0. The second-order valence-corrected chi connectivity index (χ2v) is 10.3. The molecule has 0 saturated heterocycles. The molecule has 1 heterocycles. The number of hydrogen-bond acceptors (Lipinski definition) is 3. The molecular weight excluding hydrogens is 496 g/mol. The zero-order chi connectivity index (χ0) is 25.0. The van der Waals surface area contributed by atoms with Crippen LogP contribution in [0.15, 0.2) is 120 Å². The van der Waals surface area contributed by atoms with Crippen LogP contribution in [0.3, 0.4) is 0 Å². The number of thioether (sulfide) groups is 1. The van der Waals surface area contributed by atoms with Gasteiger partial charge in [0.2, 0.25) is 0 Å². The summed E-state index contributed by atoms with van der Waals surface area (Å²) in [6, 6.07) is 39.3. The Labute approximate surface area is 225 Å². The summed E-state index contributed by atoms with van der Waals surface area (Å²) in [4.78, 5) is 4.74. The monoisotopic (exact) mass is 520 g/mol. The number of fused-ring (bicyclic) bond motifs is 2. The van der Waals surface area contributed by atoms with Crippen molar-refractivity contribution in [2.45, 2.75) is 17.2 Å². The smallest absolute Gasteiger partial charge is 0.127 e. The van der Waals surface area contributed by atoms with Gasteiger partial charge >= 0.3 is 0 Å². The van der Waals surface area contributed by atoms with Crippen LogP contribution < -0.4 is 10.1 Å². The molecule has 6 rings (SSSR count). The Balaban J connectivity index is 1.13. The Hall–Kier alpha value is -3.86. The molecule has 2 N–H and O–H groups in total. The first-order valence-corrected chi connectivity index (χ1v) is 13.5. The third kappa shape index (κ3) is 5.46. The number of aromatic amines is 1. The first-order chi connectivity index (χ1) is 18.2. The second-order valence-electron chi connectivity index (χ2n) is 8.89. The van der Waals surface area contributed by atoms with Crippen molar-refractivity contribution in [1.82, 2.24) is 4.98 Å². The minimum absolute atomic E-state index is 0.685. The van der Waals surface area contributed by atoms with Gasteiger partial charge in [-0.15, -0.1) is 11.8 Å². The number of halogens is 1. The SMILES string of the molecule is Clc1c(CSc2ccc3ccccc3c2)[nH]c2ccc(NCc3cccc(Oc4ccccc4)c3)cc12. The lowest BCUT2D eigenvalue weighted by atomic mass is 10.1. The fourth-order valence-electron chi connectivity index (χ4n) is 4.38. The largest absolute Gasteiger partial charge is 0.457 e. The molecule has 0 bridgehead atoms. The summed E-state index contributed by atoms with van der Waals surface area (Å²) in [5, 5.41) is 7.84. The van der Waals surface area contributed by atoms with Gasteiger partial charge in [0.05, 0.1) is 5.02 Å². The normalized spacial score (nSPS) is 11.2. The summed E-state index contributed by atoms with van der Waals surface area (Å²) in [5.41, 5.74) is 4.25. The maximum absolute atomic E-state index is 6.82. The van der Waals surface area contributed by atoms with Crippen molar-refractivity contribution in [3.8, 4) is 11.5 Å². The van der Waals surface area contributed by atoms with Gasteiger partial charge < -0.3 is 15.0 Å². The van der Waals surface area contributed by atoms with Gasteiger partial charge in [-0.25, -0.2) is 0 Å². The topological polar surface area (TPSA) is 37.0 Å². The van der Waals surface area contributed by atoms with Crippen molar-refractivity contribution in [3.63, 3.8) is 0 Å². The number of anilines is 1. The van der Waals surface area contributed by atoms with Gasteiger partial charge in [-0.1, -0.05) is 72.3 Å². The van der Waals surface area contributed by atoms with E-state index in [0.29, 0.717) is 6.54 Å². The molecule has 1 aromatic heterocycles. The molecule has 6 aromatic rings. The lowest BCUT2D eigenvalue weighted by Gasteiger charge is -2.10. The van der Waals surface area contributed by atoms with Gasteiger partial charge in [0.25, 0.3) is 0 Å². The number of rotatable bonds is 8. The van der Waals surface area contributed by atoms with Crippen molar-refractivity contribution in [1.29, 1.82) is 0 Å². The van der Waals surface area contributed by atoms with Crippen molar-refractivity contribution >= 4 is 50.7 Å². The zero-order valence-electron chi connectivity index (χ0n) is 20.1. The first kappa shape index (κ1) is 23.5. The van der Waals surface area contributed by atoms with Gasteiger partial charge in [-0.2, -0.15) is 0 Å². The Morgan fingerprint density at radius 3 is 2.43 bits per heavy atom. The molecule has 0 atom stereocenters. The van der Waals surface area contributed by atoms with E-state index in [2.05, 4.69) is 83.1 Å². The highest BCUT2D eigenvalue weighted by Gasteiger charge is 2.11. The average Bonchev–Trinajstić information content (AvgIpc) is 3.26. The molecule has 0 aliphatic heterocycles. The fourth-order valence-corrected chi connectivity index (χ4v) is 5.64. The van der Waals surface area contributed by atoms with Crippen molar-refractivity contribution in [2.24, 2.45) is 0 Å². The lowest BCUT2D eigenvalue weighted by Crippen LogP contribution is -1.99. The highest BCUT2D eigenvalue weighted by atomic mass is 35.5. The van der Waals surface area contributed by atoms with Crippen LogP contribution in [0, 0.1) is 0 Å². The van der Waals surface area contributed by atoms with Crippen LogP contribution in [-0.2, 0) is 12.3 Å². The molecule has 5 aromatic carbocycles. The molecule has 0 fully saturated rings. The van der Waals surface area contributed by atoms with Crippen LogP contribution in [-0.4, -0.2) is 4.98 Å². The maximum Gasteiger partial charge on any atom is 0.127 e. The van der Waals surface area contributed by atoms with Crippen LogP contribution in [0.5, 0.6) is 11.5 Å². The van der Waals surface area contributed by atoms with Gasteiger partial charge in [-0.05, 0) is 70.9 Å². The molecule has 0 aliphatic rings. The van der Waals surface area contributed by atoms with E-state index in [4.69, 9.17) is 16.3 Å². The van der Waals surface area contributed by atoms with Gasteiger partial charge in [0.1, 0.15) is 11.5 Å². The molecule has 0 radical (unpaired) electrons. The highest BCUT2D eigenvalue weighted by molar-refractivity contribution is 7.98. The van der Waals surface area contributed by atoms with Crippen LogP contribution >= 0.6 is 23.4 Å². The maximum atomic E-state index is 6.82. The standard InChI is InChI=1S/C32H25ClN2OS/c33-32-29-19-25(34-20-22-7-6-12-27(17-22)36-26-10-2-1-3-11-26)14-16-30(29)35-31(32)21-37-28-15-13-23-8-4-5-9-24(23)18-28/h1-19,34-35H,20-21H2. The summed E-state index contributed by atoms with van der Waals surface area (Å²) in [6.45, 7) is 0.685. The van der Waals surface area contributed by atoms with Gasteiger partial charge in [0.15, 0.2) is 0 Å². The van der Waals surface area contributed by atoms with E-state index in [9.17, 15) is 0 Å². The van der Waals surface area contributed by atoms with Crippen LogP contribution in [0.25, 0.3) is 21.7 Å². The van der Waals surface area contributed by atoms with Gasteiger partial charge in [0, 0.05) is 39.5 Å². The van der Waals surface area contributed by atoms with E-state index >= 15 is 0 Å². The van der Waals surface area contributed by atoms with Crippen molar-refractivity contribution < 1.29 is 4.74 Å². The predicted molar refractivity (Wildman–Crippen MR) is 157 cm³/mol. The molecule has 5 heteroatoms. The van der Waals surface area contributed by atoms with Crippen LogP contribution in [0.1, 0.15) is 11.3 Å². The zero-order valence-corrected chi connectivity index (χ0v) is 21.7. The number of hydrogen-bond donors (Lipinski definition) is 2. The molecule has 0 saturated carbocycles. The van der Waals surface area contributed by atoms with Crippen LogP contribution in [0.2, 0.25) is 5.02 Å². The highest BCUT2D eigenvalue weighted by Crippen LogP contribution is 2.34. The molecule has 37 heavy (non-hydrogen) atoms. The van der Waals surface area contributed by atoms with Crippen LogP contribution in [0.4, 0.5) is 5.69 Å². The quantitative estimate of drug-likeness (QED) is 0.196. The van der Waals surface area contributed by atoms with E-state index in [1.807, 2.05) is 42.5 Å². The fraction of sp³-hybridized carbons (Fsp3) is 0.0625. The molecule has 0 spiro atoms. The molecule has 182 valence electrons. The van der Waals surface area contributed by atoms with Crippen molar-refractivity contribution in [2.75, 3.05) is 5.32 Å². The molecule has 3 nitrogen and oxygen atoms in total. The van der Waals surface area contributed by atoms with E-state index in [0.717, 1.165) is 50.1 Å². The van der Waals surface area contributed by atoms with E-state index in [1.54, 1.807) is 11.8 Å².